The highest BCUT2D eigenvalue weighted by Crippen LogP contribution is 2.42. The van der Waals surface area contributed by atoms with Crippen molar-refractivity contribution in [3.63, 3.8) is 0 Å². The van der Waals surface area contributed by atoms with Crippen LogP contribution in [-0.4, -0.2) is 67.0 Å². The van der Waals surface area contributed by atoms with Gasteiger partial charge in [-0.3, -0.25) is 0 Å². The minimum Gasteiger partial charge on any atom is -0.376 e. The summed E-state index contributed by atoms with van der Waals surface area (Å²) in [5.74, 6) is 0.940. The third kappa shape index (κ3) is 5.30. The van der Waals surface area contributed by atoms with Crippen molar-refractivity contribution in [3.05, 3.63) is 64.4 Å². The first-order valence-electron chi connectivity index (χ1n) is 11.1. The van der Waals surface area contributed by atoms with Crippen LogP contribution in [0.5, 0.6) is 0 Å². The topological polar surface area (TPSA) is 54.1 Å². The molecule has 0 aromatic heterocycles. The monoisotopic (exact) mass is 508 g/mol. The average molecular weight is 510 g/mol. The number of aliphatic imine (C=N–C) groups is 1. The van der Waals surface area contributed by atoms with E-state index in [9.17, 15) is 0 Å². The maximum absolute atomic E-state index is 6.48. The Hall–Kier alpha value is -1.44. The molecule has 1 spiro atoms. The predicted molar refractivity (Wildman–Crippen MR) is 144 cm³/mol. The van der Waals surface area contributed by atoms with Gasteiger partial charge in [0.2, 0.25) is 0 Å². The molecule has 0 amide bonds. The molecule has 0 unspecified atom stereocenters. The number of allylic oxidation sites excluding steroid dienone is 2. The lowest BCUT2D eigenvalue weighted by Crippen LogP contribution is -2.52. The summed E-state index contributed by atoms with van der Waals surface area (Å²) in [6.07, 6.45) is 11.8. The van der Waals surface area contributed by atoms with Crippen molar-refractivity contribution in [3.8, 4) is 0 Å². The maximum Gasteiger partial charge on any atom is 0.152 e. The van der Waals surface area contributed by atoms with Crippen LogP contribution in [0.1, 0.15) is 25.3 Å². The van der Waals surface area contributed by atoms with Crippen LogP contribution in [0.15, 0.2) is 53.8 Å². The zero-order valence-corrected chi connectivity index (χ0v) is 22.2. The van der Waals surface area contributed by atoms with Crippen LogP contribution in [0.2, 0.25) is 10.0 Å². The van der Waals surface area contributed by atoms with Crippen LogP contribution in [0.4, 0.5) is 0 Å². The number of amidine groups is 1. The molecule has 2 fully saturated rings. The number of halogens is 2. The highest BCUT2D eigenvalue weighted by molar-refractivity contribution is 7.97. The Balaban J connectivity index is 0.000000968. The van der Waals surface area contributed by atoms with Gasteiger partial charge in [-0.25, -0.2) is 4.99 Å². The summed E-state index contributed by atoms with van der Waals surface area (Å²) in [7, 11) is 2.01. The molecule has 2 N–H and O–H groups in total. The SMILES string of the molecule is C=C/C=C1/C(N2CCC3(CC2)CO[C@@H](C)[C@H]3N)=NC=C(c2cccc(Cl)c2Cl)N1C.CSC. The van der Waals surface area contributed by atoms with Crippen LogP contribution in [0.3, 0.4) is 0 Å². The first-order valence-corrected chi connectivity index (χ1v) is 13.5. The minimum atomic E-state index is 0.0780. The van der Waals surface area contributed by atoms with E-state index in [0.717, 1.165) is 55.3 Å². The van der Waals surface area contributed by atoms with Gasteiger partial charge in [0, 0.05) is 37.2 Å². The smallest absolute Gasteiger partial charge is 0.152 e. The first-order chi connectivity index (χ1) is 15.8. The van der Waals surface area contributed by atoms with Crippen LogP contribution in [0.25, 0.3) is 5.70 Å². The van der Waals surface area contributed by atoms with Crippen LogP contribution < -0.4 is 5.73 Å². The number of benzene rings is 1. The Kier molecular flexibility index (Phi) is 8.98. The number of likely N-dealkylation sites (tertiary alicyclic amines) is 1. The molecule has 5 nitrogen and oxygen atoms in total. The molecule has 1 aromatic carbocycles. The van der Waals surface area contributed by atoms with Gasteiger partial charge in [-0.2, -0.15) is 11.8 Å². The fraction of sp³-hybridized carbons (Fsp3) is 0.480. The molecule has 3 aliphatic heterocycles. The molecule has 2 saturated heterocycles. The maximum atomic E-state index is 6.48. The van der Waals surface area contributed by atoms with Gasteiger partial charge in [-0.15, -0.1) is 0 Å². The highest BCUT2D eigenvalue weighted by Gasteiger charge is 2.48. The van der Waals surface area contributed by atoms with Crippen LogP contribution in [0, 0.1) is 5.41 Å². The van der Waals surface area contributed by atoms with Crippen molar-refractivity contribution in [1.82, 2.24) is 9.80 Å². The predicted octanol–water partition coefficient (Wildman–Crippen LogP) is 5.51. The number of likely N-dealkylation sites (N-methyl/N-ethyl adjacent to an activating group) is 1. The molecule has 3 heterocycles. The standard InChI is InChI=1S/C23H28Cl2N4O.C2H6S/c1-4-6-18-22(29-11-9-23(10-12-29)14-30-15(2)21(23)26)27-13-19(28(18)3)16-7-5-8-17(24)20(16)25;1-3-2/h4-8,13,15,21H,1,9-12,14,26H2,2-3H3;1-2H3/b18-6-;/t15-,21+;/m0./s1. The number of nitrogens with zero attached hydrogens (tertiary/aromatic N) is 3. The van der Waals surface area contributed by atoms with Gasteiger partial charge in [-0.05, 0) is 44.4 Å². The summed E-state index contributed by atoms with van der Waals surface area (Å²) in [5, 5.41) is 1.05. The molecule has 1 aromatic rings. The zero-order chi connectivity index (χ0) is 24.2. The van der Waals surface area contributed by atoms with E-state index in [1.54, 1.807) is 23.9 Å². The van der Waals surface area contributed by atoms with Crippen molar-refractivity contribution in [2.75, 3.05) is 39.3 Å². The van der Waals surface area contributed by atoms with E-state index in [1.807, 2.05) is 44.0 Å². The summed E-state index contributed by atoms with van der Waals surface area (Å²) in [4.78, 5) is 9.27. The zero-order valence-electron chi connectivity index (χ0n) is 19.9. The van der Waals surface area contributed by atoms with E-state index in [4.69, 9.17) is 38.7 Å². The molecule has 0 aliphatic carbocycles. The average Bonchev–Trinajstić information content (AvgIpc) is 3.07. The molecular weight excluding hydrogens is 475 g/mol. The number of ether oxygens (including phenoxy) is 1. The Morgan fingerprint density at radius 3 is 2.52 bits per heavy atom. The minimum absolute atomic E-state index is 0.0780. The number of hydrogen-bond acceptors (Lipinski definition) is 6. The Labute approximate surface area is 212 Å². The second-order valence-electron chi connectivity index (χ2n) is 8.71. The third-order valence-electron chi connectivity index (χ3n) is 6.67. The fourth-order valence-corrected chi connectivity index (χ4v) is 5.08. The number of hydrogen-bond donors (Lipinski definition) is 1. The first kappa shape index (κ1) is 26.2. The van der Waals surface area contributed by atoms with Crippen LogP contribution in [-0.2, 0) is 4.74 Å². The van der Waals surface area contributed by atoms with Gasteiger partial charge in [0.1, 0.15) is 0 Å². The largest absolute Gasteiger partial charge is 0.376 e. The van der Waals surface area contributed by atoms with Gasteiger partial charge in [0.15, 0.2) is 5.84 Å². The van der Waals surface area contributed by atoms with E-state index < -0.39 is 0 Å². The molecule has 0 bridgehead atoms. The Bertz CT molecular complexity index is 954. The molecule has 0 saturated carbocycles. The van der Waals surface area contributed by atoms with Crippen molar-refractivity contribution < 1.29 is 4.74 Å². The number of rotatable bonds is 2. The lowest BCUT2D eigenvalue weighted by atomic mass is 9.73. The van der Waals surface area contributed by atoms with Crippen molar-refractivity contribution in [1.29, 1.82) is 0 Å². The summed E-state index contributed by atoms with van der Waals surface area (Å²) in [6, 6.07) is 5.73. The lowest BCUT2D eigenvalue weighted by molar-refractivity contribution is 0.0838. The van der Waals surface area contributed by atoms with Gasteiger partial charge in [0.25, 0.3) is 0 Å². The van der Waals surface area contributed by atoms with E-state index in [-0.39, 0.29) is 17.6 Å². The molecule has 180 valence electrons. The summed E-state index contributed by atoms with van der Waals surface area (Å²) in [6.45, 7) is 8.51. The lowest BCUT2D eigenvalue weighted by Gasteiger charge is -2.44. The van der Waals surface area contributed by atoms with E-state index in [0.29, 0.717) is 10.0 Å². The molecule has 33 heavy (non-hydrogen) atoms. The fourth-order valence-electron chi connectivity index (χ4n) is 4.68. The van der Waals surface area contributed by atoms with Gasteiger partial charge >= 0.3 is 0 Å². The van der Waals surface area contributed by atoms with Crippen molar-refractivity contribution in [2.45, 2.75) is 31.9 Å². The molecule has 2 atom stereocenters. The molecular formula is C25H34Cl2N4OS. The summed E-state index contributed by atoms with van der Waals surface area (Å²) < 4.78 is 5.86. The Morgan fingerprint density at radius 2 is 1.94 bits per heavy atom. The van der Waals surface area contributed by atoms with Crippen molar-refractivity contribution >= 4 is 46.5 Å². The summed E-state index contributed by atoms with van der Waals surface area (Å²) in [5.41, 5.74) is 9.29. The highest BCUT2D eigenvalue weighted by atomic mass is 35.5. The number of nitrogens with two attached hydrogens (primary N) is 1. The third-order valence-corrected chi connectivity index (χ3v) is 7.49. The molecule has 3 aliphatic rings. The summed E-state index contributed by atoms with van der Waals surface area (Å²) >= 11 is 14.5. The van der Waals surface area contributed by atoms with E-state index in [1.165, 1.54) is 0 Å². The van der Waals surface area contributed by atoms with Gasteiger partial charge in [-0.1, -0.05) is 48.0 Å². The second-order valence-corrected chi connectivity index (χ2v) is 10.3. The van der Waals surface area contributed by atoms with Gasteiger partial charge in [0.05, 0.1) is 40.4 Å². The van der Waals surface area contributed by atoms with Crippen LogP contribution >= 0.6 is 35.0 Å². The van der Waals surface area contributed by atoms with Gasteiger partial charge < -0.3 is 20.3 Å². The van der Waals surface area contributed by atoms with Crippen molar-refractivity contribution in [2.24, 2.45) is 16.1 Å². The second kappa shape index (κ2) is 11.3. The molecule has 8 heteroatoms. The number of thioether (sulfide) groups is 1. The number of piperidine rings is 1. The Morgan fingerprint density at radius 1 is 1.27 bits per heavy atom. The molecule has 4 rings (SSSR count). The van der Waals surface area contributed by atoms with E-state index in [2.05, 4.69) is 23.3 Å². The quantitative estimate of drug-likeness (QED) is 0.570. The molecule has 0 radical (unpaired) electrons. The normalized spacial score (nSPS) is 25.5. The van der Waals surface area contributed by atoms with E-state index >= 15 is 0 Å².